The first-order chi connectivity index (χ1) is 7.04. The van der Waals surface area contributed by atoms with Gasteiger partial charge >= 0.3 is 0 Å². The van der Waals surface area contributed by atoms with Crippen LogP contribution in [0.4, 0.5) is 4.39 Å². The van der Waals surface area contributed by atoms with Gasteiger partial charge in [0, 0.05) is 0 Å². The molecule has 0 aliphatic heterocycles. The number of aliphatic hydroxyl groups excluding tert-OH is 1. The van der Waals surface area contributed by atoms with Crippen molar-refractivity contribution in [3.8, 4) is 5.75 Å². The van der Waals surface area contributed by atoms with Crippen LogP contribution in [-0.2, 0) is 0 Å². The molecule has 84 valence electrons. The molecule has 1 rings (SSSR count). The second kappa shape index (κ2) is 5.12. The highest BCUT2D eigenvalue weighted by molar-refractivity contribution is 5.29. The predicted octanol–water partition coefficient (Wildman–Crippen LogP) is 2.67. The molecule has 0 aliphatic rings. The highest BCUT2D eigenvalue weighted by Gasteiger charge is 2.13. The Bertz CT molecular complexity index is 325. The number of aliphatic hydroxyl groups is 1. The summed E-state index contributed by atoms with van der Waals surface area (Å²) in [4.78, 5) is 0. The first-order valence-electron chi connectivity index (χ1n) is 5.15. The van der Waals surface area contributed by atoms with Crippen LogP contribution in [-0.4, -0.2) is 17.3 Å². The van der Waals surface area contributed by atoms with Crippen molar-refractivity contribution in [2.45, 2.75) is 39.4 Å². The Morgan fingerprint density at radius 1 is 1.47 bits per heavy atom. The molecule has 0 aliphatic carbocycles. The second-order valence-corrected chi connectivity index (χ2v) is 3.71. The van der Waals surface area contributed by atoms with Gasteiger partial charge in [-0.2, -0.15) is 0 Å². The third-order valence-electron chi connectivity index (χ3n) is 2.41. The lowest BCUT2D eigenvalue weighted by Crippen LogP contribution is -2.27. The van der Waals surface area contributed by atoms with Crippen LogP contribution >= 0.6 is 0 Å². The third kappa shape index (κ3) is 3.20. The Balaban J connectivity index is 2.68. The summed E-state index contributed by atoms with van der Waals surface area (Å²) in [5, 5.41) is 9.51. The molecule has 1 aromatic carbocycles. The maximum absolute atomic E-state index is 13.0. The fraction of sp³-hybridized carbons (Fsp3) is 0.500. The van der Waals surface area contributed by atoms with E-state index in [2.05, 4.69) is 0 Å². The minimum atomic E-state index is -0.490. The van der Waals surface area contributed by atoms with Crippen molar-refractivity contribution in [2.24, 2.45) is 0 Å². The minimum Gasteiger partial charge on any atom is -0.488 e. The highest BCUT2D eigenvalue weighted by Crippen LogP contribution is 2.18. The Kier molecular flexibility index (Phi) is 4.09. The fourth-order valence-corrected chi connectivity index (χ4v) is 1.32. The van der Waals surface area contributed by atoms with Gasteiger partial charge in [-0.1, -0.05) is 6.92 Å². The zero-order chi connectivity index (χ0) is 11.4. The van der Waals surface area contributed by atoms with E-state index in [1.54, 1.807) is 26.0 Å². The summed E-state index contributed by atoms with van der Waals surface area (Å²) >= 11 is 0. The van der Waals surface area contributed by atoms with E-state index >= 15 is 0 Å². The van der Waals surface area contributed by atoms with Gasteiger partial charge in [-0.05, 0) is 44.0 Å². The van der Waals surface area contributed by atoms with E-state index in [0.717, 1.165) is 0 Å². The van der Waals surface area contributed by atoms with E-state index in [1.165, 1.54) is 6.07 Å². The molecule has 0 aromatic heterocycles. The molecule has 3 heteroatoms. The van der Waals surface area contributed by atoms with Crippen LogP contribution < -0.4 is 4.74 Å². The van der Waals surface area contributed by atoms with Crippen molar-refractivity contribution in [2.75, 3.05) is 0 Å². The molecular weight excluding hydrogens is 195 g/mol. The van der Waals surface area contributed by atoms with Gasteiger partial charge in [-0.15, -0.1) is 0 Å². The van der Waals surface area contributed by atoms with Crippen molar-refractivity contribution in [3.63, 3.8) is 0 Å². The van der Waals surface area contributed by atoms with Crippen LogP contribution in [0.25, 0.3) is 0 Å². The van der Waals surface area contributed by atoms with E-state index in [9.17, 15) is 9.50 Å². The standard InChI is InChI=1S/C12H17FO2/c1-4-12(14)9(3)15-10-5-6-11(13)8(2)7-10/h5-7,9,12,14H,4H2,1-3H3. The van der Waals surface area contributed by atoms with Crippen molar-refractivity contribution >= 4 is 0 Å². The molecule has 0 fully saturated rings. The molecule has 0 bridgehead atoms. The summed E-state index contributed by atoms with van der Waals surface area (Å²) in [5.41, 5.74) is 0.547. The van der Waals surface area contributed by atoms with Crippen LogP contribution in [0.2, 0.25) is 0 Å². The summed E-state index contributed by atoms with van der Waals surface area (Å²) in [5.74, 6) is 0.347. The van der Waals surface area contributed by atoms with Gasteiger partial charge in [-0.25, -0.2) is 4.39 Å². The summed E-state index contributed by atoms with van der Waals surface area (Å²) in [6.45, 7) is 5.37. The maximum Gasteiger partial charge on any atom is 0.126 e. The van der Waals surface area contributed by atoms with Crippen LogP contribution in [0.15, 0.2) is 18.2 Å². The van der Waals surface area contributed by atoms with Gasteiger partial charge in [0.05, 0.1) is 6.10 Å². The summed E-state index contributed by atoms with van der Waals surface area (Å²) in [7, 11) is 0. The van der Waals surface area contributed by atoms with Crippen LogP contribution in [0, 0.1) is 12.7 Å². The number of rotatable bonds is 4. The smallest absolute Gasteiger partial charge is 0.126 e. The SMILES string of the molecule is CCC(O)C(C)Oc1ccc(F)c(C)c1. The largest absolute Gasteiger partial charge is 0.488 e. The molecule has 0 radical (unpaired) electrons. The van der Waals surface area contributed by atoms with Gasteiger partial charge in [0.2, 0.25) is 0 Å². The quantitative estimate of drug-likeness (QED) is 0.831. The van der Waals surface area contributed by atoms with E-state index in [4.69, 9.17) is 4.74 Å². The molecule has 0 heterocycles. The lowest BCUT2D eigenvalue weighted by Gasteiger charge is -2.19. The Hall–Kier alpha value is -1.09. The number of benzene rings is 1. The second-order valence-electron chi connectivity index (χ2n) is 3.71. The van der Waals surface area contributed by atoms with Crippen LogP contribution in [0.3, 0.4) is 0 Å². The molecule has 0 saturated heterocycles. The van der Waals surface area contributed by atoms with Gasteiger partial charge in [0.25, 0.3) is 0 Å². The number of halogens is 1. The molecular formula is C12H17FO2. The summed E-state index contributed by atoms with van der Waals surface area (Å²) in [6.07, 6.45) is -0.128. The normalized spacial score (nSPS) is 14.7. The van der Waals surface area contributed by atoms with E-state index in [-0.39, 0.29) is 11.9 Å². The average Bonchev–Trinajstić information content (AvgIpc) is 2.22. The maximum atomic E-state index is 13.0. The molecule has 15 heavy (non-hydrogen) atoms. The fourth-order valence-electron chi connectivity index (χ4n) is 1.32. The number of hydrogen-bond acceptors (Lipinski definition) is 2. The number of aryl methyl sites for hydroxylation is 1. The average molecular weight is 212 g/mol. The Labute approximate surface area is 89.7 Å². The molecule has 0 amide bonds. The molecule has 0 spiro atoms. The molecule has 2 unspecified atom stereocenters. The molecule has 2 atom stereocenters. The van der Waals surface area contributed by atoms with E-state index in [1.807, 2.05) is 6.92 Å². The summed E-state index contributed by atoms with van der Waals surface area (Å²) in [6, 6.07) is 4.57. The van der Waals surface area contributed by atoms with Gasteiger partial charge in [0.15, 0.2) is 0 Å². The molecule has 1 N–H and O–H groups in total. The van der Waals surface area contributed by atoms with Crippen molar-refractivity contribution in [1.82, 2.24) is 0 Å². The lowest BCUT2D eigenvalue weighted by molar-refractivity contribution is 0.0450. The first kappa shape index (κ1) is 12.0. The zero-order valence-electron chi connectivity index (χ0n) is 9.33. The number of ether oxygens (including phenoxy) is 1. The Morgan fingerprint density at radius 3 is 2.67 bits per heavy atom. The van der Waals surface area contributed by atoms with Crippen molar-refractivity contribution < 1.29 is 14.2 Å². The van der Waals surface area contributed by atoms with Crippen molar-refractivity contribution in [3.05, 3.63) is 29.6 Å². The monoisotopic (exact) mass is 212 g/mol. The number of hydrogen-bond donors (Lipinski definition) is 1. The topological polar surface area (TPSA) is 29.5 Å². The molecule has 2 nitrogen and oxygen atoms in total. The van der Waals surface area contributed by atoms with E-state index in [0.29, 0.717) is 17.7 Å². The zero-order valence-corrected chi connectivity index (χ0v) is 9.33. The van der Waals surface area contributed by atoms with Gasteiger partial charge in [0.1, 0.15) is 17.7 Å². The predicted molar refractivity (Wildman–Crippen MR) is 57.5 cm³/mol. The van der Waals surface area contributed by atoms with Crippen LogP contribution in [0.5, 0.6) is 5.75 Å². The van der Waals surface area contributed by atoms with Crippen molar-refractivity contribution in [1.29, 1.82) is 0 Å². The van der Waals surface area contributed by atoms with Gasteiger partial charge in [-0.3, -0.25) is 0 Å². The van der Waals surface area contributed by atoms with Crippen LogP contribution in [0.1, 0.15) is 25.8 Å². The highest BCUT2D eigenvalue weighted by atomic mass is 19.1. The third-order valence-corrected chi connectivity index (χ3v) is 2.41. The minimum absolute atomic E-state index is 0.244. The van der Waals surface area contributed by atoms with Gasteiger partial charge < -0.3 is 9.84 Å². The Morgan fingerprint density at radius 2 is 2.13 bits per heavy atom. The first-order valence-corrected chi connectivity index (χ1v) is 5.15. The van der Waals surface area contributed by atoms with E-state index < -0.39 is 6.10 Å². The molecule has 1 aromatic rings. The summed E-state index contributed by atoms with van der Waals surface area (Å²) < 4.78 is 18.4. The molecule has 0 saturated carbocycles. The lowest BCUT2D eigenvalue weighted by atomic mass is 10.2.